The molecule has 3 heteroatoms. The molecule has 1 aromatic rings. The second-order valence-corrected chi connectivity index (χ2v) is 6.20. The number of hydrogen-bond acceptors (Lipinski definition) is 3. The zero-order valence-corrected chi connectivity index (χ0v) is 13.6. The van der Waals surface area contributed by atoms with Crippen LogP contribution in [0.25, 0.3) is 5.57 Å². The molecule has 0 radical (unpaired) electrons. The lowest BCUT2D eigenvalue weighted by Gasteiger charge is -2.46. The van der Waals surface area contributed by atoms with Gasteiger partial charge in [0.15, 0.2) is 0 Å². The van der Waals surface area contributed by atoms with Gasteiger partial charge in [-0.05, 0) is 38.8 Å². The van der Waals surface area contributed by atoms with Crippen LogP contribution in [0.15, 0.2) is 30.3 Å². The highest BCUT2D eigenvalue weighted by Gasteiger charge is 2.39. The Labute approximate surface area is 127 Å². The summed E-state index contributed by atoms with van der Waals surface area (Å²) in [5.41, 5.74) is 3.35. The van der Waals surface area contributed by atoms with E-state index in [2.05, 4.69) is 50.8 Å². The van der Waals surface area contributed by atoms with E-state index in [1.165, 1.54) is 18.2 Å². The lowest BCUT2D eigenvalue weighted by molar-refractivity contribution is -0.142. The predicted molar refractivity (Wildman–Crippen MR) is 87.4 cm³/mol. The number of nitrogens with zero attached hydrogens (tertiary/aromatic N) is 1. The number of anilines is 1. The minimum atomic E-state index is -0.250. The van der Waals surface area contributed by atoms with Crippen LogP contribution in [0.3, 0.4) is 0 Å². The number of methoxy groups -OCH3 is 1. The third-order valence-electron chi connectivity index (χ3n) is 4.13. The van der Waals surface area contributed by atoms with Crippen LogP contribution in [-0.4, -0.2) is 24.7 Å². The van der Waals surface area contributed by atoms with Crippen molar-refractivity contribution in [1.82, 2.24) is 0 Å². The smallest absolute Gasteiger partial charge is 0.328 e. The molecule has 0 bridgehead atoms. The lowest BCUT2D eigenvalue weighted by atomic mass is 9.86. The van der Waals surface area contributed by atoms with Crippen LogP contribution < -0.4 is 4.90 Å². The number of ether oxygens (including phenoxy) is 1. The first-order valence-electron chi connectivity index (χ1n) is 7.58. The molecule has 0 aromatic heterocycles. The summed E-state index contributed by atoms with van der Waals surface area (Å²) in [6.45, 7) is 8.53. The van der Waals surface area contributed by atoms with E-state index in [1.807, 2.05) is 12.1 Å². The number of fused-ring (bicyclic) bond motifs is 1. The van der Waals surface area contributed by atoms with Crippen molar-refractivity contribution < 1.29 is 9.53 Å². The molecular weight excluding hydrogens is 262 g/mol. The molecule has 2 rings (SSSR count). The second kappa shape index (κ2) is 5.92. The van der Waals surface area contributed by atoms with Gasteiger partial charge in [-0.3, -0.25) is 0 Å². The van der Waals surface area contributed by atoms with Crippen molar-refractivity contribution in [2.24, 2.45) is 0 Å². The van der Waals surface area contributed by atoms with E-state index in [0.717, 1.165) is 18.5 Å². The molecule has 1 aromatic carbocycles. The summed E-state index contributed by atoms with van der Waals surface area (Å²) in [5.74, 6) is -0.160. The quantitative estimate of drug-likeness (QED) is 0.783. The van der Waals surface area contributed by atoms with Crippen LogP contribution in [0, 0.1) is 0 Å². The number of esters is 1. The van der Waals surface area contributed by atoms with Crippen LogP contribution in [0.1, 0.15) is 46.1 Å². The molecule has 21 heavy (non-hydrogen) atoms. The van der Waals surface area contributed by atoms with E-state index in [0.29, 0.717) is 0 Å². The number of para-hydroxylation sites is 1. The molecule has 1 aliphatic rings. The third-order valence-corrected chi connectivity index (χ3v) is 4.13. The molecule has 0 spiro atoms. The van der Waals surface area contributed by atoms with E-state index in [-0.39, 0.29) is 17.6 Å². The highest BCUT2D eigenvalue weighted by Crippen LogP contribution is 2.40. The summed E-state index contributed by atoms with van der Waals surface area (Å²) in [5, 5.41) is 0. The van der Waals surface area contributed by atoms with Crippen LogP contribution in [0.4, 0.5) is 5.69 Å². The van der Waals surface area contributed by atoms with Gasteiger partial charge in [0.05, 0.1) is 12.6 Å². The monoisotopic (exact) mass is 287 g/mol. The molecule has 0 fully saturated rings. The molecule has 1 aliphatic heterocycles. The van der Waals surface area contributed by atoms with Gasteiger partial charge in [0.1, 0.15) is 6.04 Å². The van der Waals surface area contributed by atoms with E-state index in [4.69, 9.17) is 4.74 Å². The summed E-state index contributed by atoms with van der Waals surface area (Å²) >= 11 is 0. The first-order valence-corrected chi connectivity index (χ1v) is 7.58. The average Bonchev–Trinajstić information content (AvgIpc) is 2.44. The van der Waals surface area contributed by atoms with Gasteiger partial charge < -0.3 is 9.64 Å². The minimum Gasteiger partial charge on any atom is -0.467 e. The Balaban J connectivity index is 2.56. The highest BCUT2D eigenvalue weighted by atomic mass is 16.5. The van der Waals surface area contributed by atoms with Gasteiger partial charge >= 0.3 is 5.97 Å². The largest absolute Gasteiger partial charge is 0.467 e. The normalized spacial score (nSPS) is 17.8. The molecule has 0 saturated carbocycles. The lowest BCUT2D eigenvalue weighted by Crippen LogP contribution is -2.54. The maximum absolute atomic E-state index is 12.3. The molecule has 0 amide bonds. The third kappa shape index (κ3) is 2.82. The molecule has 1 atom stereocenters. The van der Waals surface area contributed by atoms with Crippen molar-refractivity contribution >= 4 is 17.2 Å². The molecule has 3 nitrogen and oxygen atoms in total. The minimum absolute atomic E-state index is 0.160. The summed E-state index contributed by atoms with van der Waals surface area (Å²) in [4.78, 5) is 14.5. The molecule has 0 N–H and O–H groups in total. The number of carbonyl (C=O) groups excluding carboxylic acids is 1. The Morgan fingerprint density at radius 2 is 2.00 bits per heavy atom. The molecule has 114 valence electrons. The molecule has 0 aliphatic carbocycles. The van der Waals surface area contributed by atoms with Crippen LogP contribution in [-0.2, 0) is 9.53 Å². The molecular formula is C18H25NO2. The van der Waals surface area contributed by atoms with Gasteiger partial charge in [-0.25, -0.2) is 4.79 Å². The average molecular weight is 287 g/mol. The zero-order chi connectivity index (χ0) is 15.6. The fourth-order valence-electron chi connectivity index (χ4n) is 3.34. The highest BCUT2D eigenvalue weighted by molar-refractivity contribution is 5.87. The Morgan fingerprint density at radius 1 is 1.33 bits per heavy atom. The fraction of sp³-hybridized carbons (Fsp3) is 0.500. The number of allylic oxidation sites excluding steroid dienone is 1. The Bertz CT molecular complexity index is 560. The van der Waals surface area contributed by atoms with E-state index in [1.54, 1.807) is 0 Å². The first-order chi connectivity index (χ1) is 9.92. The Kier molecular flexibility index (Phi) is 4.40. The Hall–Kier alpha value is -1.77. The van der Waals surface area contributed by atoms with Crippen molar-refractivity contribution in [2.45, 2.75) is 52.1 Å². The van der Waals surface area contributed by atoms with E-state index >= 15 is 0 Å². The predicted octanol–water partition coefficient (Wildman–Crippen LogP) is 4.03. The summed E-state index contributed by atoms with van der Waals surface area (Å²) < 4.78 is 5.05. The summed E-state index contributed by atoms with van der Waals surface area (Å²) in [6.07, 6.45) is 3.97. The number of hydrogen-bond donors (Lipinski definition) is 0. The molecule has 0 saturated heterocycles. The van der Waals surface area contributed by atoms with Crippen molar-refractivity contribution in [3.05, 3.63) is 35.9 Å². The number of benzene rings is 1. The fourth-order valence-corrected chi connectivity index (χ4v) is 3.34. The van der Waals surface area contributed by atoms with E-state index < -0.39 is 0 Å². The van der Waals surface area contributed by atoms with E-state index in [9.17, 15) is 4.79 Å². The molecule has 0 unspecified atom stereocenters. The van der Waals surface area contributed by atoms with Gasteiger partial charge in [-0.15, -0.1) is 0 Å². The number of carbonyl (C=O) groups is 1. The van der Waals surface area contributed by atoms with Gasteiger partial charge in [0.25, 0.3) is 0 Å². The standard InChI is InChI=1S/C18H25NO2/c1-6-9-16(17(20)21-5)19-15-11-8-7-10-14(15)13(2)12-18(19,3)4/h7-8,10-12,16H,6,9H2,1-5H3/t16-/m0/s1. The van der Waals surface area contributed by atoms with Gasteiger partial charge in [0, 0.05) is 11.3 Å². The van der Waals surface area contributed by atoms with Crippen molar-refractivity contribution in [3.8, 4) is 0 Å². The second-order valence-electron chi connectivity index (χ2n) is 6.20. The topological polar surface area (TPSA) is 29.5 Å². The van der Waals surface area contributed by atoms with Gasteiger partial charge in [-0.2, -0.15) is 0 Å². The summed E-state index contributed by atoms with van der Waals surface area (Å²) in [6, 6.07) is 8.03. The maximum Gasteiger partial charge on any atom is 0.328 e. The van der Waals surface area contributed by atoms with Crippen molar-refractivity contribution in [3.63, 3.8) is 0 Å². The van der Waals surface area contributed by atoms with Gasteiger partial charge in [0.2, 0.25) is 0 Å². The van der Waals surface area contributed by atoms with Crippen molar-refractivity contribution in [1.29, 1.82) is 0 Å². The molecule has 1 heterocycles. The zero-order valence-electron chi connectivity index (χ0n) is 13.6. The summed E-state index contributed by atoms with van der Waals surface area (Å²) in [7, 11) is 1.47. The van der Waals surface area contributed by atoms with Gasteiger partial charge in [-0.1, -0.05) is 37.6 Å². The first kappa shape index (κ1) is 15.6. The maximum atomic E-state index is 12.3. The van der Waals surface area contributed by atoms with Crippen LogP contribution >= 0.6 is 0 Å². The number of rotatable bonds is 4. The Morgan fingerprint density at radius 3 is 2.62 bits per heavy atom. The SMILES string of the molecule is CCC[C@@H](C(=O)OC)N1c2ccccc2C(C)=CC1(C)C. The van der Waals surface area contributed by atoms with Crippen molar-refractivity contribution in [2.75, 3.05) is 12.0 Å². The van der Waals surface area contributed by atoms with Crippen LogP contribution in [0.5, 0.6) is 0 Å². The van der Waals surface area contributed by atoms with Crippen LogP contribution in [0.2, 0.25) is 0 Å².